The zero-order valence-electron chi connectivity index (χ0n) is 16.8. The zero-order valence-corrected chi connectivity index (χ0v) is 16.8. The van der Waals surface area contributed by atoms with Gasteiger partial charge in [-0.1, -0.05) is 0 Å². The van der Waals surface area contributed by atoms with Crippen LogP contribution in [0, 0.1) is 11.7 Å². The lowest BCUT2D eigenvalue weighted by molar-refractivity contribution is -0.124. The first-order valence-electron chi connectivity index (χ1n) is 9.72. The summed E-state index contributed by atoms with van der Waals surface area (Å²) in [5.74, 6) is -0.570. The highest BCUT2D eigenvalue weighted by atomic mass is 19.1. The average molecular weight is 416 g/mol. The Hall–Kier alpha value is -3.04. The second kappa shape index (κ2) is 9.64. The van der Waals surface area contributed by atoms with Gasteiger partial charge in [0.25, 0.3) is 0 Å². The molecule has 2 heterocycles. The number of anilines is 2. The summed E-state index contributed by atoms with van der Waals surface area (Å²) in [6, 6.07) is 6.50. The minimum atomic E-state index is -0.708. The molecule has 1 aliphatic rings. The number of hydrogen-bond acceptors (Lipinski definition) is 6. The molecule has 30 heavy (non-hydrogen) atoms. The van der Waals surface area contributed by atoms with Crippen molar-refractivity contribution in [2.24, 2.45) is 5.92 Å². The Morgan fingerprint density at radius 3 is 2.70 bits per heavy atom. The number of nitrogens with zero attached hydrogens (tertiary/aromatic N) is 1. The van der Waals surface area contributed by atoms with E-state index in [0.29, 0.717) is 24.3 Å². The van der Waals surface area contributed by atoms with Crippen LogP contribution in [0.5, 0.6) is 5.75 Å². The molecule has 2 amide bonds. The Morgan fingerprint density at radius 2 is 2.03 bits per heavy atom. The van der Waals surface area contributed by atoms with Crippen molar-refractivity contribution in [1.82, 2.24) is 10.3 Å². The number of nitrogens with one attached hydrogen (secondary N) is 3. The molecular weight excluding hydrogens is 391 g/mol. The molecule has 4 N–H and O–H groups in total. The van der Waals surface area contributed by atoms with Crippen molar-refractivity contribution in [3.63, 3.8) is 0 Å². The number of carbonyl (C=O) groups excluding carboxylic acids is 2. The smallest absolute Gasteiger partial charge is 0.323 e. The van der Waals surface area contributed by atoms with Crippen molar-refractivity contribution >= 4 is 23.2 Å². The van der Waals surface area contributed by atoms with Gasteiger partial charge in [0.1, 0.15) is 23.5 Å². The van der Waals surface area contributed by atoms with Crippen LogP contribution in [-0.4, -0.2) is 41.1 Å². The van der Waals surface area contributed by atoms with E-state index in [4.69, 9.17) is 4.74 Å². The van der Waals surface area contributed by atoms with Crippen molar-refractivity contribution in [2.45, 2.75) is 32.5 Å². The fourth-order valence-electron chi connectivity index (χ4n) is 3.32. The van der Waals surface area contributed by atoms with Crippen LogP contribution in [0.15, 0.2) is 36.5 Å². The number of aromatic nitrogens is 1. The first kappa shape index (κ1) is 21.7. The predicted octanol–water partition coefficient (Wildman–Crippen LogP) is 2.86. The van der Waals surface area contributed by atoms with Crippen molar-refractivity contribution in [3.05, 3.63) is 48.0 Å². The molecule has 2 aromatic rings. The number of ketones is 1. The monoisotopic (exact) mass is 416 g/mol. The standard InChI is InChI=1S/C21H25FN4O4/c1-12(27)18-5-6-23-11-20(18)30-17-8-14(22)7-16(9-17)26-21(29)25-15-3-4-19(13(2)28)24-10-15/h3-4,7-10,13,18,20,23,28H,5-6,11H2,1-2H3,(H2,25,26,29). The van der Waals surface area contributed by atoms with Crippen LogP contribution in [-0.2, 0) is 4.79 Å². The number of aliphatic hydroxyl groups excluding tert-OH is 1. The Kier molecular flexibility index (Phi) is 6.96. The largest absolute Gasteiger partial charge is 0.488 e. The maximum Gasteiger partial charge on any atom is 0.323 e. The van der Waals surface area contributed by atoms with Gasteiger partial charge in [0.15, 0.2) is 0 Å². The van der Waals surface area contributed by atoms with Gasteiger partial charge in [-0.2, -0.15) is 0 Å². The summed E-state index contributed by atoms with van der Waals surface area (Å²) in [6.07, 6.45) is 0.962. The summed E-state index contributed by atoms with van der Waals surface area (Å²) in [5.41, 5.74) is 1.11. The molecule has 1 aromatic heterocycles. The van der Waals surface area contributed by atoms with E-state index in [1.807, 2.05) is 0 Å². The number of hydrogen-bond donors (Lipinski definition) is 4. The first-order valence-corrected chi connectivity index (χ1v) is 9.72. The fraction of sp³-hybridized carbons (Fsp3) is 0.381. The molecule has 0 saturated carbocycles. The predicted molar refractivity (Wildman–Crippen MR) is 110 cm³/mol. The average Bonchev–Trinajstić information content (AvgIpc) is 2.68. The van der Waals surface area contributed by atoms with Crippen molar-refractivity contribution < 1.29 is 23.8 Å². The third-order valence-electron chi connectivity index (χ3n) is 4.84. The van der Waals surface area contributed by atoms with Crippen LogP contribution in [0.3, 0.4) is 0 Å². The lowest BCUT2D eigenvalue weighted by Gasteiger charge is -2.31. The Labute approximate surface area is 173 Å². The number of halogens is 1. The molecule has 0 aliphatic carbocycles. The molecule has 1 aromatic carbocycles. The number of carbonyl (C=O) groups is 2. The van der Waals surface area contributed by atoms with Crippen LogP contribution in [0.4, 0.5) is 20.6 Å². The summed E-state index contributed by atoms with van der Waals surface area (Å²) in [7, 11) is 0. The number of ether oxygens (including phenoxy) is 1. The highest BCUT2D eigenvalue weighted by molar-refractivity contribution is 5.99. The van der Waals surface area contributed by atoms with Gasteiger partial charge in [-0.15, -0.1) is 0 Å². The van der Waals surface area contributed by atoms with E-state index in [-0.39, 0.29) is 23.1 Å². The van der Waals surface area contributed by atoms with Crippen LogP contribution >= 0.6 is 0 Å². The topological polar surface area (TPSA) is 113 Å². The van der Waals surface area contributed by atoms with E-state index in [1.165, 1.54) is 31.3 Å². The van der Waals surface area contributed by atoms with E-state index in [1.54, 1.807) is 19.1 Å². The normalized spacial score (nSPS) is 19.6. The molecule has 0 bridgehead atoms. The van der Waals surface area contributed by atoms with Gasteiger partial charge >= 0.3 is 6.03 Å². The third kappa shape index (κ3) is 5.74. The quantitative estimate of drug-likeness (QED) is 0.576. The Morgan fingerprint density at radius 1 is 1.27 bits per heavy atom. The van der Waals surface area contributed by atoms with Gasteiger partial charge in [0, 0.05) is 24.4 Å². The van der Waals surface area contributed by atoms with E-state index in [2.05, 4.69) is 20.9 Å². The van der Waals surface area contributed by atoms with Crippen LogP contribution in [0.1, 0.15) is 32.1 Å². The molecule has 3 rings (SSSR count). The molecule has 0 spiro atoms. The SMILES string of the molecule is CC(=O)C1CCNCC1Oc1cc(F)cc(NC(=O)Nc2ccc(C(C)O)nc2)c1. The fourth-order valence-corrected chi connectivity index (χ4v) is 3.32. The maximum absolute atomic E-state index is 14.1. The minimum Gasteiger partial charge on any atom is -0.488 e. The number of Topliss-reactive ketones (excluding diaryl/α,β-unsaturated/α-hetero) is 1. The van der Waals surface area contributed by atoms with Crippen LogP contribution in [0.25, 0.3) is 0 Å². The summed E-state index contributed by atoms with van der Waals surface area (Å²) >= 11 is 0. The minimum absolute atomic E-state index is 0.0332. The van der Waals surface area contributed by atoms with Gasteiger partial charge < -0.3 is 25.8 Å². The van der Waals surface area contributed by atoms with E-state index >= 15 is 0 Å². The number of amides is 2. The van der Waals surface area contributed by atoms with Crippen molar-refractivity contribution in [2.75, 3.05) is 23.7 Å². The molecule has 1 aliphatic heterocycles. The Balaban J connectivity index is 1.65. The van der Waals surface area contributed by atoms with Gasteiger partial charge in [-0.25, -0.2) is 9.18 Å². The van der Waals surface area contributed by atoms with Crippen molar-refractivity contribution in [3.8, 4) is 5.75 Å². The second-order valence-electron chi connectivity index (χ2n) is 7.27. The molecule has 8 nitrogen and oxygen atoms in total. The number of rotatable bonds is 6. The van der Waals surface area contributed by atoms with E-state index in [9.17, 15) is 19.1 Å². The van der Waals surface area contributed by atoms with Gasteiger partial charge in [-0.3, -0.25) is 9.78 Å². The Bertz CT molecular complexity index is 904. The summed E-state index contributed by atoms with van der Waals surface area (Å²) in [6.45, 7) is 4.33. The lowest BCUT2D eigenvalue weighted by atomic mass is 9.91. The highest BCUT2D eigenvalue weighted by Crippen LogP contribution is 2.25. The summed E-state index contributed by atoms with van der Waals surface area (Å²) in [4.78, 5) is 28.1. The summed E-state index contributed by atoms with van der Waals surface area (Å²) < 4.78 is 19.9. The summed E-state index contributed by atoms with van der Waals surface area (Å²) in [5, 5.41) is 17.8. The molecule has 3 atom stereocenters. The number of piperidine rings is 1. The van der Waals surface area contributed by atoms with Crippen LogP contribution < -0.4 is 20.7 Å². The second-order valence-corrected chi connectivity index (χ2v) is 7.27. The number of pyridine rings is 1. The molecule has 1 saturated heterocycles. The molecule has 160 valence electrons. The molecular formula is C21H25FN4O4. The third-order valence-corrected chi connectivity index (χ3v) is 4.84. The van der Waals surface area contributed by atoms with Gasteiger partial charge in [0.2, 0.25) is 0 Å². The zero-order chi connectivity index (χ0) is 21.7. The molecule has 9 heteroatoms. The lowest BCUT2D eigenvalue weighted by Crippen LogP contribution is -2.46. The number of benzene rings is 1. The van der Waals surface area contributed by atoms with E-state index < -0.39 is 24.1 Å². The first-order chi connectivity index (χ1) is 14.3. The van der Waals surface area contributed by atoms with E-state index in [0.717, 1.165) is 6.54 Å². The van der Waals surface area contributed by atoms with Crippen molar-refractivity contribution in [1.29, 1.82) is 0 Å². The molecule has 0 radical (unpaired) electrons. The maximum atomic E-state index is 14.1. The highest BCUT2D eigenvalue weighted by Gasteiger charge is 2.30. The van der Waals surface area contributed by atoms with Crippen LogP contribution in [0.2, 0.25) is 0 Å². The van der Waals surface area contributed by atoms with Gasteiger partial charge in [0.05, 0.1) is 29.6 Å². The number of urea groups is 1. The van der Waals surface area contributed by atoms with Gasteiger partial charge in [-0.05, 0) is 45.0 Å². The number of aliphatic hydroxyl groups is 1. The molecule has 1 fully saturated rings. The molecule has 3 unspecified atom stereocenters.